The fourth-order valence-electron chi connectivity index (χ4n) is 3.13. The highest BCUT2D eigenvalue weighted by molar-refractivity contribution is 5.76. The van der Waals surface area contributed by atoms with Crippen LogP contribution in [0.25, 0.3) is 0 Å². The number of ether oxygens (including phenoxy) is 2. The van der Waals surface area contributed by atoms with E-state index in [1.54, 1.807) is 7.11 Å². The summed E-state index contributed by atoms with van der Waals surface area (Å²) >= 11 is 0. The van der Waals surface area contributed by atoms with E-state index >= 15 is 0 Å². The standard InChI is InChI=1S/C19H28N2O4/c1-19(2,3)16(13-7-5-9-15(11-13)24-4)25-17(22)14-8-6-10-21(12-14)18(20)23/h5,7,9,11,14,16H,6,8,10,12H2,1-4H3,(H2,20,23)/t14-,16-/m1/s1. The van der Waals surface area contributed by atoms with Gasteiger partial charge in [0.2, 0.25) is 0 Å². The minimum Gasteiger partial charge on any atom is -0.497 e. The summed E-state index contributed by atoms with van der Waals surface area (Å²) in [5, 5.41) is 0. The molecule has 0 saturated carbocycles. The van der Waals surface area contributed by atoms with Gasteiger partial charge in [-0.05, 0) is 30.5 Å². The van der Waals surface area contributed by atoms with Gasteiger partial charge in [0.15, 0.2) is 0 Å². The number of nitrogens with zero attached hydrogens (tertiary/aromatic N) is 1. The number of benzene rings is 1. The molecular formula is C19H28N2O4. The predicted molar refractivity (Wildman–Crippen MR) is 95.2 cm³/mol. The third kappa shape index (κ3) is 4.87. The Morgan fingerprint density at radius 2 is 2.04 bits per heavy atom. The molecule has 1 fully saturated rings. The zero-order chi connectivity index (χ0) is 18.6. The Morgan fingerprint density at radius 3 is 2.64 bits per heavy atom. The van der Waals surface area contributed by atoms with Crippen LogP contribution in [0.2, 0.25) is 0 Å². The van der Waals surface area contributed by atoms with Crippen molar-refractivity contribution in [3.05, 3.63) is 29.8 Å². The number of likely N-dealkylation sites (tertiary alicyclic amines) is 1. The first-order valence-electron chi connectivity index (χ1n) is 8.61. The smallest absolute Gasteiger partial charge is 0.314 e. The second-order valence-corrected chi connectivity index (χ2v) is 7.58. The molecule has 0 aliphatic carbocycles. The second-order valence-electron chi connectivity index (χ2n) is 7.58. The summed E-state index contributed by atoms with van der Waals surface area (Å²) in [5.74, 6) is 0.103. The Balaban J connectivity index is 2.16. The van der Waals surface area contributed by atoms with Crippen molar-refractivity contribution in [1.82, 2.24) is 4.90 Å². The predicted octanol–water partition coefficient (Wildman–Crippen LogP) is 3.12. The molecule has 0 spiro atoms. The lowest BCUT2D eigenvalue weighted by molar-refractivity contribution is -0.162. The molecule has 1 aliphatic heterocycles. The van der Waals surface area contributed by atoms with E-state index in [9.17, 15) is 9.59 Å². The van der Waals surface area contributed by atoms with Gasteiger partial charge in [-0.1, -0.05) is 32.9 Å². The third-order valence-corrected chi connectivity index (χ3v) is 4.48. The normalized spacial score (nSPS) is 19.2. The molecule has 2 atom stereocenters. The minimum absolute atomic E-state index is 0.278. The van der Waals surface area contributed by atoms with Crippen molar-refractivity contribution in [2.24, 2.45) is 17.1 Å². The van der Waals surface area contributed by atoms with E-state index in [1.807, 2.05) is 45.0 Å². The number of methoxy groups -OCH3 is 1. The maximum absolute atomic E-state index is 12.7. The van der Waals surface area contributed by atoms with Gasteiger partial charge in [0, 0.05) is 18.5 Å². The lowest BCUT2D eigenvalue weighted by Gasteiger charge is -2.34. The van der Waals surface area contributed by atoms with Gasteiger partial charge in [0.1, 0.15) is 11.9 Å². The van der Waals surface area contributed by atoms with Crippen LogP contribution in [0, 0.1) is 11.3 Å². The SMILES string of the molecule is COc1cccc([C@@H](OC(=O)[C@@H]2CCCN(C(N)=O)C2)C(C)(C)C)c1. The van der Waals surface area contributed by atoms with Gasteiger partial charge in [-0.25, -0.2) is 4.79 Å². The van der Waals surface area contributed by atoms with Crippen LogP contribution >= 0.6 is 0 Å². The first kappa shape index (κ1) is 19.1. The van der Waals surface area contributed by atoms with E-state index in [-0.39, 0.29) is 17.3 Å². The van der Waals surface area contributed by atoms with E-state index in [1.165, 1.54) is 4.90 Å². The Kier molecular flexibility index (Phi) is 5.93. The average molecular weight is 348 g/mol. The second kappa shape index (κ2) is 7.76. The number of carbonyl (C=O) groups is 2. The van der Waals surface area contributed by atoms with Crippen LogP contribution in [-0.4, -0.2) is 37.1 Å². The molecule has 6 nitrogen and oxygen atoms in total. The maximum Gasteiger partial charge on any atom is 0.314 e. The number of piperidine rings is 1. The molecule has 25 heavy (non-hydrogen) atoms. The summed E-state index contributed by atoms with van der Waals surface area (Å²) in [4.78, 5) is 25.6. The largest absolute Gasteiger partial charge is 0.497 e. The summed E-state index contributed by atoms with van der Waals surface area (Å²) in [6.45, 7) is 7.00. The summed E-state index contributed by atoms with van der Waals surface area (Å²) in [6, 6.07) is 7.08. The van der Waals surface area contributed by atoms with E-state index < -0.39 is 12.1 Å². The first-order valence-corrected chi connectivity index (χ1v) is 8.61. The molecule has 138 valence electrons. The Labute approximate surface area is 149 Å². The van der Waals surface area contributed by atoms with Crippen LogP contribution < -0.4 is 10.5 Å². The Hall–Kier alpha value is -2.24. The Bertz CT molecular complexity index is 624. The minimum atomic E-state index is -0.488. The molecule has 1 heterocycles. The van der Waals surface area contributed by atoms with Crippen molar-refractivity contribution in [1.29, 1.82) is 0 Å². The molecule has 0 bridgehead atoms. The van der Waals surface area contributed by atoms with Crippen LogP contribution in [0.4, 0.5) is 4.79 Å². The molecule has 0 unspecified atom stereocenters. The van der Waals surface area contributed by atoms with Crippen LogP contribution in [-0.2, 0) is 9.53 Å². The third-order valence-electron chi connectivity index (χ3n) is 4.48. The van der Waals surface area contributed by atoms with E-state index in [2.05, 4.69) is 0 Å². The van der Waals surface area contributed by atoms with E-state index in [0.717, 1.165) is 17.7 Å². The van der Waals surface area contributed by atoms with Gasteiger partial charge >= 0.3 is 12.0 Å². The van der Waals surface area contributed by atoms with Crippen molar-refractivity contribution < 1.29 is 19.1 Å². The summed E-state index contributed by atoms with van der Waals surface area (Å²) in [5.41, 5.74) is 5.96. The van der Waals surface area contributed by atoms with E-state index in [4.69, 9.17) is 15.2 Å². The van der Waals surface area contributed by atoms with Crippen LogP contribution in [0.15, 0.2) is 24.3 Å². The van der Waals surface area contributed by atoms with Crippen molar-refractivity contribution in [2.75, 3.05) is 20.2 Å². The number of urea groups is 1. The lowest BCUT2D eigenvalue weighted by Crippen LogP contribution is -2.45. The van der Waals surface area contributed by atoms with E-state index in [0.29, 0.717) is 19.5 Å². The summed E-state index contributed by atoms with van der Waals surface area (Å²) in [6.07, 6.45) is 1.05. The van der Waals surface area contributed by atoms with Crippen LogP contribution in [0.3, 0.4) is 0 Å². The fourth-order valence-corrected chi connectivity index (χ4v) is 3.13. The maximum atomic E-state index is 12.7. The van der Waals surface area contributed by atoms with Crippen molar-refractivity contribution in [2.45, 2.75) is 39.7 Å². The van der Waals surface area contributed by atoms with Gasteiger partial charge in [0.25, 0.3) is 0 Å². The zero-order valence-electron chi connectivity index (χ0n) is 15.5. The average Bonchev–Trinajstić information content (AvgIpc) is 2.58. The number of hydrogen-bond acceptors (Lipinski definition) is 4. The number of carbonyl (C=O) groups excluding carboxylic acids is 2. The van der Waals surface area contributed by atoms with Crippen molar-refractivity contribution in [3.63, 3.8) is 0 Å². The number of esters is 1. The number of amides is 2. The topological polar surface area (TPSA) is 81.9 Å². The quantitative estimate of drug-likeness (QED) is 0.848. The monoisotopic (exact) mass is 348 g/mol. The molecule has 6 heteroatoms. The zero-order valence-corrected chi connectivity index (χ0v) is 15.5. The molecule has 2 N–H and O–H groups in total. The molecule has 2 rings (SSSR count). The van der Waals surface area contributed by atoms with Crippen LogP contribution in [0.1, 0.15) is 45.3 Å². The van der Waals surface area contributed by atoms with Crippen molar-refractivity contribution in [3.8, 4) is 5.75 Å². The van der Waals surface area contributed by atoms with Gasteiger partial charge in [-0.15, -0.1) is 0 Å². The highest BCUT2D eigenvalue weighted by Crippen LogP contribution is 2.38. The van der Waals surface area contributed by atoms with Gasteiger partial charge in [-0.2, -0.15) is 0 Å². The van der Waals surface area contributed by atoms with Crippen LogP contribution in [0.5, 0.6) is 5.75 Å². The number of hydrogen-bond donors (Lipinski definition) is 1. The lowest BCUT2D eigenvalue weighted by atomic mass is 9.84. The highest BCUT2D eigenvalue weighted by Gasteiger charge is 2.35. The molecule has 1 saturated heterocycles. The number of nitrogens with two attached hydrogens (primary N) is 1. The summed E-state index contributed by atoms with van der Waals surface area (Å²) < 4.78 is 11.2. The first-order chi connectivity index (χ1) is 11.7. The Morgan fingerprint density at radius 1 is 1.32 bits per heavy atom. The van der Waals surface area contributed by atoms with Gasteiger partial charge in [0.05, 0.1) is 13.0 Å². The van der Waals surface area contributed by atoms with Crippen molar-refractivity contribution >= 4 is 12.0 Å². The molecule has 1 aliphatic rings. The fraction of sp³-hybridized carbons (Fsp3) is 0.579. The molecule has 0 aromatic heterocycles. The summed E-state index contributed by atoms with van der Waals surface area (Å²) in [7, 11) is 1.61. The molecule has 1 aromatic carbocycles. The molecular weight excluding hydrogens is 320 g/mol. The molecule has 1 aromatic rings. The van der Waals surface area contributed by atoms with Gasteiger partial charge in [-0.3, -0.25) is 4.79 Å². The molecule has 0 radical (unpaired) electrons. The van der Waals surface area contributed by atoms with Gasteiger partial charge < -0.3 is 20.1 Å². The number of primary amides is 1. The molecule has 2 amide bonds. The highest BCUT2D eigenvalue weighted by atomic mass is 16.5. The number of rotatable bonds is 4.